The molecular formula is C23H28N2O4+2. The van der Waals surface area contributed by atoms with E-state index in [1.165, 1.54) is 9.80 Å². The molecule has 0 bridgehead atoms. The maximum atomic E-state index is 13.4. The van der Waals surface area contributed by atoms with E-state index in [4.69, 9.17) is 9.15 Å². The predicted molar refractivity (Wildman–Crippen MR) is 112 cm³/mol. The first-order valence-corrected chi connectivity index (χ1v) is 10.1. The monoisotopic (exact) mass is 396 g/mol. The van der Waals surface area contributed by atoms with E-state index >= 15 is 0 Å². The molecule has 6 nitrogen and oxygen atoms in total. The molecule has 0 spiro atoms. The predicted octanol–water partition coefficient (Wildman–Crippen LogP) is 0.396. The maximum Gasteiger partial charge on any atom is 0.200 e. The average Bonchev–Trinajstić information content (AvgIpc) is 2.72. The molecule has 1 aliphatic heterocycles. The number of benzene rings is 2. The molecule has 2 heterocycles. The molecule has 1 aliphatic rings. The fourth-order valence-electron chi connectivity index (χ4n) is 4.20. The number of fused-ring (bicyclic) bond motifs is 1. The van der Waals surface area contributed by atoms with Gasteiger partial charge in [-0.2, -0.15) is 0 Å². The Kier molecular flexibility index (Phi) is 5.30. The lowest BCUT2D eigenvalue weighted by molar-refractivity contribution is -1.01. The molecule has 3 aromatic rings. The molecule has 2 aromatic carbocycles. The molecule has 3 N–H and O–H groups in total. The summed E-state index contributed by atoms with van der Waals surface area (Å²) in [5.74, 6) is 1.34. The van der Waals surface area contributed by atoms with Gasteiger partial charge in [0, 0.05) is 5.56 Å². The van der Waals surface area contributed by atoms with Gasteiger partial charge in [-0.05, 0) is 25.1 Å². The second kappa shape index (κ2) is 7.89. The number of hydrogen-bond donors (Lipinski definition) is 3. The Balaban J connectivity index is 1.84. The van der Waals surface area contributed by atoms with Crippen molar-refractivity contribution in [2.75, 3.05) is 40.3 Å². The second-order valence-electron chi connectivity index (χ2n) is 7.89. The highest BCUT2D eigenvalue weighted by molar-refractivity contribution is 5.87. The zero-order chi connectivity index (χ0) is 20.5. The second-order valence-corrected chi connectivity index (χ2v) is 7.89. The van der Waals surface area contributed by atoms with Crippen LogP contribution in [0.1, 0.15) is 11.3 Å². The lowest BCUT2D eigenvalue weighted by Crippen LogP contribution is -3.26. The van der Waals surface area contributed by atoms with Crippen molar-refractivity contribution in [3.8, 4) is 22.6 Å². The fraction of sp³-hybridized carbons (Fsp3) is 0.348. The first kappa shape index (κ1) is 19.5. The fourth-order valence-corrected chi connectivity index (χ4v) is 4.20. The number of nitrogens with one attached hydrogen (secondary N) is 2. The van der Waals surface area contributed by atoms with Crippen molar-refractivity contribution in [2.45, 2.75) is 13.5 Å². The molecule has 0 radical (unpaired) electrons. The summed E-state index contributed by atoms with van der Waals surface area (Å²) in [6, 6.07) is 10.7. The lowest BCUT2D eigenvalue weighted by atomic mass is 10.00. The van der Waals surface area contributed by atoms with E-state index < -0.39 is 0 Å². The number of rotatable bonds is 4. The van der Waals surface area contributed by atoms with Crippen molar-refractivity contribution in [3.05, 3.63) is 57.9 Å². The summed E-state index contributed by atoms with van der Waals surface area (Å²) in [4.78, 5) is 16.3. The Morgan fingerprint density at radius 3 is 2.55 bits per heavy atom. The zero-order valence-corrected chi connectivity index (χ0v) is 17.2. The summed E-state index contributed by atoms with van der Waals surface area (Å²) in [6.45, 7) is 6.70. The van der Waals surface area contributed by atoms with Crippen molar-refractivity contribution in [3.63, 3.8) is 0 Å². The minimum Gasteiger partial charge on any atom is -0.507 e. The SMILES string of the molecule is COc1ccccc1-c1c(C)oc2c(C[NH+]3CC[NH+](C)CC3)c(O)ccc2c1=O. The molecule has 152 valence electrons. The van der Waals surface area contributed by atoms with Gasteiger partial charge in [-0.25, -0.2) is 0 Å². The molecular weight excluding hydrogens is 368 g/mol. The molecule has 1 aromatic heterocycles. The van der Waals surface area contributed by atoms with Gasteiger partial charge in [0.25, 0.3) is 0 Å². The summed E-state index contributed by atoms with van der Waals surface area (Å²) in [6.07, 6.45) is 0. The third-order valence-electron chi connectivity index (χ3n) is 5.93. The maximum absolute atomic E-state index is 13.4. The van der Waals surface area contributed by atoms with Gasteiger partial charge < -0.3 is 24.1 Å². The standard InChI is InChI=1S/C23H26N2O4/c1-15-21(16-6-4-5-7-20(16)28-3)22(27)17-8-9-19(26)18(23(17)29-15)14-25-12-10-24(2)11-13-25/h4-9,26H,10-14H2,1-3H3/p+2. The van der Waals surface area contributed by atoms with Crippen LogP contribution in [0, 0.1) is 6.92 Å². The summed E-state index contributed by atoms with van der Waals surface area (Å²) in [5.41, 5.74) is 2.31. The largest absolute Gasteiger partial charge is 0.507 e. The van der Waals surface area contributed by atoms with E-state index in [2.05, 4.69) is 7.05 Å². The molecule has 29 heavy (non-hydrogen) atoms. The number of ether oxygens (including phenoxy) is 1. The van der Waals surface area contributed by atoms with Crippen LogP contribution < -0.4 is 20.0 Å². The highest BCUT2D eigenvalue weighted by Crippen LogP contribution is 2.33. The van der Waals surface area contributed by atoms with Crippen LogP contribution in [-0.4, -0.2) is 45.4 Å². The highest BCUT2D eigenvalue weighted by Gasteiger charge is 2.25. The lowest BCUT2D eigenvalue weighted by Gasteiger charge is -2.27. The Hall–Kier alpha value is -2.83. The molecule has 4 rings (SSSR count). The van der Waals surface area contributed by atoms with Gasteiger partial charge in [-0.3, -0.25) is 4.79 Å². The smallest absolute Gasteiger partial charge is 0.200 e. The quantitative estimate of drug-likeness (QED) is 0.597. The zero-order valence-electron chi connectivity index (χ0n) is 17.2. The van der Waals surface area contributed by atoms with E-state index in [1.807, 2.05) is 24.3 Å². The van der Waals surface area contributed by atoms with Gasteiger partial charge >= 0.3 is 0 Å². The summed E-state index contributed by atoms with van der Waals surface area (Å²) >= 11 is 0. The average molecular weight is 396 g/mol. The van der Waals surface area contributed by atoms with Crippen LogP contribution in [0.2, 0.25) is 0 Å². The molecule has 1 fully saturated rings. The minimum atomic E-state index is -0.104. The van der Waals surface area contributed by atoms with Crippen LogP contribution >= 0.6 is 0 Å². The molecule has 0 saturated carbocycles. The Morgan fingerprint density at radius 2 is 1.83 bits per heavy atom. The number of methoxy groups -OCH3 is 1. The number of phenolic OH excluding ortho intramolecular Hbond substituents is 1. The third-order valence-corrected chi connectivity index (χ3v) is 5.93. The van der Waals surface area contributed by atoms with Gasteiger partial charge in [0.2, 0.25) is 5.43 Å². The number of piperazine rings is 1. The molecule has 0 unspecified atom stereocenters. The minimum absolute atomic E-state index is 0.104. The van der Waals surface area contributed by atoms with Crippen molar-refractivity contribution in [2.24, 2.45) is 0 Å². The topological polar surface area (TPSA) is 68.6 Å². The number of para-hydroxylation sites is 1. The summed E-state index contributed by atoms with van der Waals surface area (Å²) < 4.78 is 11.6. The van der Waals surface area contributed by atoms with Crippen LogP contribution in [0.5, 0.6) is 11.5 Å². The van der Waals surface area contributed by atoms with Crippen LogP contribution in [0.15, 0.2) is 45.6 Å². The molecule has 1 saturated heterocycles. The molecule has 0 atom stereocenters. The number of likely N-dealkylation sites (N-methyl/N-ethyl adjacent to an activating group) is 1. The summed E-state index contributed by atoms with van der Waals surface area (Å²) in [5, 5.41) is 11.0. The molecule has 0 aliphatic carbocycles. The van der Waals surface area contributed by atoms with Gasteiger partial charge in [0.05, 0.1) is 30.7 Å². The number of phenols is 1. The van der Waals surface area contributed by atoms with Gasteiger partial charge in [0.1, 0.15) is 50.0 Å². The molecule has 0 amide bonds. The highest BCUT2D eigenvalue weighted by atomic mass is 16.5. The Bertz CT molecular complexity index is 1100. The van der Waals surface area contributed by atoms with E-state index in [1.54, 1.807) is 26.2 Å². The summed E-state index contributed by atoms with van der Waals surface area (Å²) in [7, 11) is 3.79. The first-order chi connectivity index (χ1) is 14.0. The van der Waals surface area contributed by atoms with Crippen LogP contribution in [0.4, 0.5) is 0 Å². The van der Waals surface area contributed by atoms with Gasteiger partial charge in [-0.15, -0.1) is 0 Å². The number of aromatic hydroxyl groups is 1. The van der Waals surface area contributed by atoms with E-state index in [9.17, 15) is 9.90 Å². The first-order valence-electron chi connectivity index (χ1n) is 10.1. The van der Waals surface area contributed by atoms with Crippen molar-refractivity contribution < 1.29 is 24.1 Å². The number of quaternary nitrogens is 2. The third kappa shape index (κ3) is 3.61. The normalized spacial score (nSPS) is 19.4. The Labute approximate surface area is 169 Å². The van der Waals surface area contributed by atoms with E-state index in [-0.39, 0.29) is 11.2 Å². The van der Waals surface area contributed by atoms with Crippen LogP contribution in [-0.2, 0) is 6.54 Å². The van der Waals surface area contributed by atoms with Gasteiger partial charge in [0.15, 0.2) is 5.58 Å². The number of aryl methyl sites for hydroxylation is 1. The van der Waals surface area contributed by atoms with Crippen molar-refractivity contribution >= 4 is 11.0 Å². The van der Waals surface area contributed by atoms with E-state index in [0.29, 0.717) is 45.7 Å². The number of hydrogen-bond acceptors (Lipinski definition) is 4. The van der Waals surface area contributed by atoms with Crippen molar-refractivity contribution in [1.82, 2.24) is 0 Å². The van der Waals surface area contributed by atoms with Crippen molar-refractivity contribution in [1.29, 1.82) is 0 Å². The van der Waals surface area contributed by atoms with Crippen LogP contribution in [0.25, 0.3) is 22.1 Å². The van der Waals surface area contributed by atoms with Crippen LogP contribution in [0.3, 0.4) is 0 Å². The molecule has 6 heteroatoms. The van der Waals surface area contributed by atoms with Gasteiger partial charge in [-0.1, -0.05) is 18.2 Å². The Morgan fingerprint density at radius 1 is 1.10 bits per heavy atom. The van der Waals surface area contributed by atoms with E-state index in [0.717, 1.165) is 26.2 Å².